The summed E-state index contributed by atoms with van der Waals surface area (Å²) in [7, 11) is 2.79. The van der Waals surface area contributed by atoms with Gasteiger partial charge in [-0.1, -0.05) is 0 Å². The molecule has 1 aromatic carbocycles. The first kappa shape index (κ1) is 26.8. The molecule has 36 heavy (non-hydrogen) atoms. The number of hydrogen-bond donors (Lipinski definition) is 3. The van der Waals surface area contributed by atoms with Gasteiger partial charge in [0.05, 0.1) is 36.9 Å². The van der Waals surface area contributed by atoms with Crippen LogP contribution in [0, 0.1) is 13.8 Å². The summed E-state index contributed by atoms with van der Waals surface area (Å²) in [6.07, 6.45) is -2.57. The maximum atomic E-state index is 13.4. The number of amides is 1. The van der Waals surface area contributed by atoms with Gasteiger partial charge >= 0.3 is 5.97 Å². The first-order chi connectivity index (χ1) is 17.1. The fourth-order valence-corrected chi connectivity index (χ4v) is 3.42. The van der Waals surface area contributed by atoms with E-state index in [1.54, 1.807) is 13.1 Å². The second-order valence-electron chi connectivity index (χ2n) is 8.26. The Morgan fingerprint density at radius 1 is 1.17 bits per heavy atom. The number of tetrazole rings is 1. The van der Waals surface area contributed by atoms with Crippen molar-refractivity contribution in [1.29, 1.82) is 0 Å². The number of aliphatic hydroxyl groups excluding tert-OH is 2. The van der Waals surface area contributed by atoms with Crippen molar-refractivity contribution in [2.24, 2.45) is 7.05 Å². The Balaban J connectivity index is 1.73. The van der Waals surface area contributed by atoms with E-state index in [1.807, 2.05) is 19.9 Å². The van der Waals surface area contributed by atoms with Gasteiger partial charge in [0.25, 0.3) is 5.56 Å². The van der Waals surface area contributed by atoms with Crippen LogP contribution >= 0.6 is 0 Å². The van der Waals surface area contributed by atoms with E-state index in [1.165, 1.54) is 16.4 Å². The highest BCUT2D eigenvalue weighted by molar-refractivity contribution is 5.82. The maximum Gasteiger partial charge on any atom is 0.325 e. The molecule has 194 valence electrons. The molecular weight excluding hydrogens is 474 g/mol. The van der Waals surface area contributed by atoms with Crippen LogP contribution in [0.2, 0.25) is 0 Å². The summed E-state index contributed by atoms with van der Waals surface area (Å²) in [5.74, 6) is -0.950. The van der Waals surface area contributed by atoms with Crippen molar-refractivity contribution in [3.05, 3.63) is 33.6 Å². The number of carbonyl (C=O) groups is 2. The predicted octanol–water partition coefficient (Wildman–Crippen LogP) is -1.38. The minimum Gasteiger partial charge on any atom is -0.468 e. The third kappa shape index (κ3) is 6.27. The number of aryl methyl sites for hydroxylation is 3. The molecule has 1 amide bonds. The third-order valence-corrected chi connectivity index (χ3v) is 5.66. The molecule has 0 fully saturated rings. The first-order valence-corrected chi connectivity index (χ1v) is 11.1. The second-order valence-corrected chi connectivity index (χ2v) is 8.26. The van der Waals surface area contributed by atoms with Gasteiger partial charge in [0.1, 0.15) is 13.2 Å². The maximum absolute atomic E-state index is 13.4. The predicted molar refractivity (Wildman–Crippen MR) is 126 cm³/mol. The van der Waals surface area contributed by atoms with Crippen molar-refractivity contribution >= 4 is 22.9 Å². The Morgan fingerprint density at radius 3 is 2.56 bits per heavy atom. The molecule has 3 aromatic rings. The summed E-state index contributed by atoms with van der Waals surface area (Å²) in [5.41, 5.74) is 2.40. The normalized spacial score (nSPS) is 12.9. The fraction of sp³-hybridized carbons (Fsp3) is 0.500. The van der Waals surface area contributed by atoms with E-state index < -0.39 is 29.6 Å². The number of hydrogen-bond acceptors (Lipinski definition) is 11. The Bertz CT molecular complexity index is 1300. The average Bonchev–Trinajstić information content (AvgIpc) is 3.28. The van der Waals surface area contributed by atoms with Crippen LogP contribution < -0.4 is 10.9 Å². The number of esters is 1. The van der Waals surface area contributed by atoms with Crippen LogP contribution in [-0.4, -0.2) is 90.9 Å². The SMILES string of the molecule is COC(=O)CNC(=O)COCC[C@@H](O)[C@@H](O)Cn1c(=O)c(-c2nnnn2C)nc2cc(C)c(C)cc21. The van der Waals surface area contributed by atoms with Gasteiger partial charge in [-0.3, -0.25) is 14.4 Å². The second kappa shape index (κ2) is 11.8. The summed E-state index contributed by atoms with van der Waals surface area (Å²) in [6.45, 7) is 2.95. The van der Waals surface area contributed by atoms with Gasteiger partial charge in [-0.2, -0.15) is 0 Å². The van der Waals surface area contributed by atoms with Gasteiger partial charge < -0.3 is 29.6 Å². The molecule has 14 heteroatoms. The number of fused-ring (bicyclic) bond motifs is 1. The van der Waals surface area contributed by atoms with Gasteiger partial charge in [-0.15, -0.1) is 5.10 Å². The van der Waals surface area contributed by atoms with Gasteiger partial charge in [0.15, 0.2) is 5.69 Å². The largest absolute Gasteiger partial charge is 0.468 e. The number of carbonyl (C=O) groups excluding carboxylic acids is 2. The standard InChI is InChI=1S/C22H29N7O7/c1-12-7-14-15(8-13(12)2)29(22(34)20(24-14)21-25-26-27-28(21)3)10-17(31)16(30)5-6-36-11-18(32)23-9-19(33)35-4/h7-8,16-17,30-31H,5-6,9-11H2,1-4H3,(H,23,32)/t16-,17+/m1/s1. The monoisotopic (exact) mass is 503 g/mol. The molecule has 0 bridgehead atoms. The lowest BCUT2D eigenvalue weighted by molar-refractivity contribution is -0.141. The first-order valence-electron chi connectivity index (χ1n) is 11.1. The molecule has 0 saturated heterocycles. The van der Waals surface area contributed by atoms with Gasteiger partial charge in [-0.05, 0) is 54.0 Å². The Morgan fingerprint density at radius 2 is 1.89 bits per heavy atom. The van der Waals surface area contributed by atoms with Crippen molar-refractivity contribution in [3.8, 4) is 11.5 Å². The summed E-state index contributed by atoms with van der Waals surface area (Å²) >= 11 is 0. The Hall–Kier alpha value is -3.75. The van der Waals surface area contributed by atoms with Crippen molar-refractivity contribution < 1.29 is 29.3 Å². The lowest BCUT2D eigenvalue weighted by atomic mass is 10.1. The van der Waals surface area contributed by atoms with Crippen molar-refractivity contribution in [3.63, 3.8) is 0 Å². The highest BCUT2D eigenvalue weighted by atomic mass is 16.5. The molecule has 0 unspecified atom stereocenters. The summed E-state index contributed by atoms with van der Waals surface area (Å²) in [5, 5.41) is 34.7. The number of rotatable bonds is 11. The molecule has 3 rings (SSSR count). The van der Waals surface area contributed by atoms with E-state index in [0.29, 0.717) is 11.0 Å². The molecule has 3 N–H and O–H groups in total. The van der Waals surface area contributed by atoms with E-state index in [4.69, 9.17) is 4.74 Å². The van der Waals surface area contributed by atoms with E-state index in [0.717, 1.165) is 11.1 Å². The lowest BCUT2D eigenvalue weighted by Crippen LogP contribution is -2.37. The van der Waals surface area contributed by atoms with Crippen LogP contribution in [0.5, 0.6) is 0 Å². The molecule has 0 aliphatic carbocycles. The summed E-state index contributed by atoms with van der Waals surface area (Å²) in [6, 6.07) is 3.63. The van der Waals surface area contributed by atoms with Crippen LogP contribution in [0.1, 0.15) is 17.5 Å². The van der Waals surface area contributed by atoms with Gasteiger partial charge in [0.2, 0.25) is 11.7 Å². The summed E-state index contributed by atoms with van der Waals surface area (Å²) in [4.78, 5) is 40.5. The van der Waals surface area contributed by atoms with Crippen LogP contribution in [0.4, 0.5) is 0 Å². The van der Waals surface area contributed by atoms with E-state index >= 15 is 0 Å². The molecule has 0 spiro atoms. The van der Waals surface area contributed by atoms with E-state index in [-0.39, 0.29) is 44.2 Å². The third-order valence-electron chi connectivity index (χ3n) is 5.66. The zero-order valence-corrected chi connectivity index (χ0v) is 20.5. The molecule has 2 aromatic heterocycles. The lowest BCUT2D eigenvalue weighted by Gasteiger charge is -2.21. The highest BCUT2D eigenvalue weighted by Crippen LogP contribution is 2.20. The molecule has 0 saturated carbocycles. The van der Waals surface area contributed by atoms with Gasteiger partial charge in [-0.25, -0.2) is 9.67 Å². The number of nitrogens with one attached hydrogen (secondary N) is 1. The number of nitrogens with zero attached hydrogens (tertiary/aromatic N) is 6. The van der Waals surface area contributed by atoms with E-state index in [9.17, 15) is 24.6 Å². The van der Waals surface area contributed by atoms with Crippen molar-refractivity contribution in [1.82, 2.24) is 35.1 Å². The van der Waals surface area contributed by atoms with Crippen molar-refractivity contribution in [2.75, 3.05) is 26.9 Å². The molecule has 0 aliphatic heterocycles. The molecule has 14 nitrogen and oxygen atoms in total. The Labute approximate surface area is 205 Å². The molecular formula is C22H29N7O7. The smallest absolute Gasteiger partial charge is 0.325 e. The number of ether oxygens (including phenoxy) is 2. The zero-order chi connectivity index (χ0) is 26.4. The summed E-state index contributed by atoms with van der Waals surface area (Å²) < 4.78 is 12.3. The molecule has 0 aliphatic rings. The van der Waals surface area contributed by atoms with Gasteiger partial charge in [0, 0.05) is 13.7 Å². The van der Waals surface area contributed by atoms with E-state index in [2.05, 4.69) is 30.6 Å². The van der Waals surface area contributed by atoms with Crippen LogP contribution in [-0.2, 0) is 32.7 Å². The van der Waals surface area contributed by atoms with Crippen LogP contribution in [0.3, 0.4) is 0 Å². The molecule has 2 atom stereocenters. The minimum atomic E-state index is -1.32. The molecule has 0 radical (unpaired) electrons. The van der Waals surface area contributed by atoms with Crippen LogP contribution in [0.25, 0.3) is 22.6 Å². The molecule has 2 heterocycles. The Kier molecular flexibility index (Phi) is 8.79. The van der Waals surface area contributed by atoms with Crippen LogP contribution in [0.15, 0.2) is 16.9 Å². The number of benzene rings is 1. The fourth-order valence-electron chi connectivity index (χ4n) is 3.42. The number of aliphatic hydroxyl groups is 2. The highest BCUT2D eigenvalue weighted by Gasteiger charge is 2.23. The average molecular weight is 504 g/mol. The number of methoxy groups -OCH3 is 1. The quantitative estimate of drug-likeness (QED) is 0.207. The topological polar surface area (TPSA) is 184 Å². The zero-order valence-electron chi connectivity index (χ0n) is 20.5. The van der Waals surface area contributed by atoms with Crippen molar-refractivity contribution in [2.45, 2.75) is 39.0 Å². The number of aromatic nitrogens is 6. The minimum absolute atomic E-state index is 0.00140.